The van der Waals surface area contributed by atoms with E-state index in [9.17, 15) is 29.1 Å². The lowest BCUT2D eigenvalue weighted by molar-refractivity contribution is -0.143. The van der Waals surface area contributed by atoms with Gasteiger partial charge >= 0.3 is 5.97 Å². The van der Waals surface area contributed by atoms with Crippen LogP contribution in [0.5, 0.6) is 0 Å². The number of aromatic nitrogens is 1. The number of carboxylic acid groups (broad SMARTS) is 1. The Morgan fingerprint density at radius 3 is 2.10 bits per heavy atom. The number of benzene rings is 2. The lowest BCUT2D eigenvalue weighted by Gasteiger charge is -2.27. The van der Waals surface area contributed by atoms with E-state index in [0.29, 0.717) is 5.56 Å². The van der Waals surface area contributed by atoms with E-state index < -0.39 is 60.2 Å². The number of aliphatic carboxylic acids is 1. The summed E-state index contributed by atoms with van der Waals surface area (Å²) in [6, 6.07) is 11.8. The zero-order chi connectivity index (χ0) is 30.1. The molecule has 0 aliphatic rings. The number of carboxylic acids is 1. The lowest BCUT2D eigenvalue weighted by atomic mass is 9.99. The van der Waals surface area contributed by atoms with Gasteiger partial charge in [0.2, 0.25) is 23.6 Å². The third-order valence-electron chi connectivity index (χ3n) is 6.63. The number of fused-ring (bicyclic) bond motifs is 1. The number of H-pyrrole nitrogens is 1. The Bertz CT molecular complexity index is 1390. The molecule has 0 saturated heterocycles. The van der Waals surface area contributed by atoms with Crippen molar-refractivity contribution in [3.8, 4) is 0 Å². The Balaban J connectivity index is 1.81. The zero-order valence-corrected chi connectivity index (χ0v) is 22.9. The van der Waals surface area contributed by atoms with Crippen LogP contribution in [0.2, 0.25) is 0 Å². The number of nitrogens with two attached hydrogens (primary N) is 2. The van der Waals surface area contributed by atoms with Gasteiger partial charge in [-0.05, 0) is 29.5 Å². The maximum Gasteiger partial charge on any atom is 0.326 e. The molecule has 2 aromatic carbocycles. The van der Waals surface area contributed by atoms with Crippen molar-refractivity contribution in [2.75, 3.05) is 0 Å². The van der Waals surface area contributed by atoms with Crippen LogP contribution in [0.25, 0.3) is 10.9 Å². The molecule has 0 aliphatic carbocycles. The second-order valence-electron chi connectivity index (χ2n) is 10.2. The van der Waals surface area contributed by atoms with E-state index in [4.69, 9.17) is 11.5 Å². The first-order valence-electron chi connectivity index (χ1n) is 13.2. The number of amides is 4. The molecule has 41 heavy (non-hydrogen) atoms. The van der Waals surface area contributed by atoms with Crippen molar-refractivity contribution in [1.82, 2.24) is 20.9 Å². The molecular weight excluding hydrogens is 528 g/mol. The van der Waals surface area contributed by atoms with Crippen LogP contribution >= 0.6 is 0 Å². The van der Waals surface area contributed by atoms with Crippen molar-refractivity contribution in [2.24, 2.45) is 17.4 Å². The molecule has 0 spiro atoms. The Morgan fingerprint density at radius 2 is 1.46 bits per heavy atom. The van der Waals surface area contributed by atoms with Gasteiger partial charge in [0.15, 0.2) is 0 Å². The number of hydrogen-bond acceptors (Lipinski definition) is 6. The molecule has 0 radical (unpaired) electrons. The van der Waals surface area contributed by atoms with Crippen LogP contribution in [0, 0.1) is 5.92 Å². The third-order valence-corrected chi connectivity index (χ3v) is 6.63. The van der Waals surface area contributed by atoms with Gasteiger partial charge in [0.1, 0.15) is 18.1 Å². The van der Waals surface area contributed by atoms with Crippen LogP contribution in [-0.2, 0) is 36.8 Å². The number of carbonyl (C=O) groups excluding carboxylic acids is 4. The molecule has 3 rings (SSSR count). The Kier molecular flexibility index (Phi) is 10.6. The fourth-order valence-corrected chi connectivity index (χ4v) is 4.42. The van der Waals surface area contributed by atoms with Gasteiger partial charge in [-0.2, -0.15) is 0 Å². The molecule has 0 fully saturated rings. The standard InChI is InChI=1S/C29H36N6O6/c1-16(2)25(35-26(37)20(30)12-17-8-4-3-5-9-17)28(39)33-22(27(38)34-23(29(40)41)14-24(31)36)13-18-15-32-21-11-7-6-10-19(18)21/h3-11,15-16,20,22-23,25,32H,12-14,30H2,1-2H3,(H2,31,36)(H,33,39)(H,34,38)(H,35,37)(H,40,41). The van der Waals surface area contributed by atoms with Crippen molar-refractivity contribution in [2.45, 2.75) is 57.3 Å². The van der Waals surface area contributed by atoms with Crippen LogP contribution in [0.15, 0.2) is 60.8 Å². The summed E-state index contributed by atoms with van der Waals surface area (Å²) in [5.41, 5.74) is 13.6. The molecule has 12 nitrogen and oxygen atoms in total. The maximum atomic E-state index is 13.5. The number of carbonyl (C=O) groups is 5. The summed E-state index contributed by atoms with van der Waals surface area (Å²) in [5.74, 6) is -4.75. The Hall–Kier alpha value is -4.71. The monoisotopic (exact) mass is 564 g/mol. The van der Waals surface area contributed by atoms with Gasteiger partial charge in [-0.15, -0.1) is 0 Å². The topological polar surface area (TPSA) is 209 Å². The zero-order valence-electron chi connectivity index (χ0n) is 22.9. The number of primary amides is 1. The van der Waals surface area contributed by atoms with E-state index in [-0.39, 0.29) is 18.8 Å². The second-order valence-corrected chi connectivity index (χ2v) is 10.2. The molecule has 4 amide bonds. The van der Waals surface area contributed by atoms with Crippen molar-refractivity contribution in [1.29, 1.82) is 0 Å². The lowest BCUT2D eigenvalue weighted by Crippen LogP contribution is -2.59. The molecule has 12 heteroatoms. The van der Waals surface area contributed by atoms with E-state index in [1.165, 1.54) is 0 Å². The minimum atomic E-state index is -1.58. The van der Waals surface area contributed by atoms with Crippen LogP contribution in [0.3, 0.4) is 0 Å². The second kappa shape index (κ2) is 14.1. The minimum Gasteiger partial charge on any atom is -0.480 e. The van der Waals surface area contributed by atoms with E-state index in [1.807, 2.05) is 54.6 Å². The van der Waals surface area contributed by atoms with Gasteiger partial charge in [0.05, 0.1) is 12.5 Å². The largest absolute Gasteiger partial charge is 0.480 e. The summed E-state index contributed by atoms with van der Waals surface area (Å²) in [5, 5.41) is 17.9. The van der Waals surface area contributed by atoms with Crippen molar-refractivity contribution >= 4 is 40.5 Å². The van der Waals surface area contributed by atoms with Crippen molar-refractivity contribution < 1.29 is 29.1 Å². The predicted molar refractivity (Wildman–Crippen MR) is 152 cm³/mol. The number of aromatic amines is 1. The number of para-hydroxylation sites is 1. The van der Waals surface area contributed by atoms with Crippen LogP contribution < -0.4 is 27.4 Å². The molecule has 9 N–H and O–H groups in total. The Morgan fingerprint density at radius 1 is 0.829 bits per heavy atom. The third kappa shape index (κ3) is 8.64. The molecule has 0 bridgehead atoms. The summed E-state index contributed by atoms with van der Waals surface area (Å²) in [6.07, 6.45) is 1.33. The van der Waals surface area contributed by atoms with Crippen molar-refractivity contribution in [3.05, 3.63) is 71.9 Å². The quantitative estimate of drug-likeness (QED) is 0.146. The minimum absolute atomic E-state index is 0.00319. The SMILES string of the molecule is CC(C)C(NC(=O)C(N)Cc1ccccc1)C(=O)NC(Cc1c[nH]c2ccccc12)C(=O)NC(CC(N)=O)C(=O)O. The molecule has 1 heterocycles. The van der Waals surface area contributed by atoms with Crippen LogP contribution in [0.4, 0.5) is 0 Å². The summed E-state index contributed by atoms with van der Waals surface area (Å²) in [6.45, 7) is 3.46. The average Bonchev–Trinajstić information content (AvgIpc) is 3.33. The van der Waals surface area contributed by atoms with Crippen molar-refractivity contribution in [3.63, 3.8) is 0 Å². The first kappa shape index (κ1) is 30.8. The van der Waals surface area contributed by atoms with E-state index in [1.54, 1.807) is 20.0 Å². The highest BCUT2D eigenvalue weighted by Crippen LogP contribution is 2.19. The van der Waals surface area contributed by atoms with Crippen LogP contribution in [0.1, 0.15) is 31.4 Å². The van der Waals surface area contributed by atoms with Gasteiger partial charge in [-0.25, -0.2) is 4.79 Å². The number of rotatable bonds is 14. The highest BCUT2D eigenvalue weighted by atomic mass is 16.4. The molecule has 4 atom stereocenters. The number of nitrogens with one attached hydrogen (secondary N) is 4. The maximum absolute atomic E-state index is 13.5. The molecule has 1 aromatic heterocycles. The van der Waals surface area contributed by atoms with Gasteiger partial charge in [-0.1, -0.05) is 62.4 Å². The highest BCUT2D eigenvalue weighted by Gasteiger charge is 2.32. The molecular formula is C29H36N6O6. The fourth-order valence-electron chi connectivity index (χ4n) is 4.42. The first-order chi connectivity index (χ1) is 19.5. The van der Waals surface area contributed by atoms with E-state index in [0.717, 1.165) is 16.5 Å². The normalized spacial score (nSPS) is 14.0. The molecule has 0 aliphatic heterocycles. The molecule has 0 saturated carbocycles. The van der Waals surface area contributed by atoms with E-state index >= 15 is 0 Å². The average molecular weight is 565 g/mol. The fraction of sp³-hybridized carbons (Fsp3) is 0.345. The highest BCUT2D eigenvalue weighted by molar-refractivity contribution is 5.95. The number of hydrogen-bond donors (Lipinski definition) is 7. The summed E-state index contributed by atoms with van der Waals surface area (Å²) >= 11 is 0. The van der Waals surface area contributed by atoms with Gasteiger partial charge in [-0.3, -0.25) is 19.2 Å². The predicted octanol–water partition coefficient (Wildman–Crippen LogP) is 0.351. The summed E-state index contributed by atoms with van der Waals surface area (Å²) in [4.78, 5) is 65.8. The molecule has 218 valence electrons. The smallest absolute Gasteiger partial charge is 0.326 e. The Labute approximate surface area is 237 Å². The molecule has 4 unspecified atom stereocenters. The van der Waals surface area contributed by atoms with Gasteiger partial charge in [0, 0.05) is 23.5 Å². The van der Waals surface area contributed by atoms with Crippen LogP contribution in [-0.4, -0.2) is 63.9 Å². The molecule has 3 aromatic rings. The first-order valence-corrected chi connectivity index (χ1v) is 13.2. The van der Waals surface area contributed by atoms with Gasteiger partial charge in [0.25, 0.3) is 0 Å². The summed E-state index contributed by atoms with van der Waals surface area (Å²) < 4.78 is 0. The van der Waals surface area contributed by atoms with E-state index in [2.05, 4.69) is 20.9 Å². The summed E-state index contributed by atoms with van der Waals surface area (Å²) in [7, 11) is 0. The van der Waals surface area contributed by atoms with Gasteiger partial charge < -0.3 is 37.5 Å².